The number of hydrogen-bond donors (Lipinski definition) is 2. The van der Waals surface area contributed by atoms with E-state index < -0.39 is 0 Å². The number of fused-ring (bicyclic) bond motifs is 1. The lowest BCUT2D eigenvalue weighted by Gasteiger charge is -2.21. The molecule has 1 amide bonds. The topological polar surface area (TPSA) is 58.4 Å². The van der Waals surface area contributed by atoms with Crippen molar-refractivity contribution in [3.8, 4) is 0 Å². The van der Waals surface area contributed by atoms with E-state index in [4.69, 9.17) is 5.84 Å². The van der Waals surface area contributed by atoms with Crippen LogP contribution in [0.3, 0.4) is 0 Å². The number of benzene rings is 2. The van der Waals surface area contributed by atoms with Gasteiger partial charge in [-0.1, -0.05) is 24.3 Å². The van der Waals surface area contributed by atoms with E-state index in [-0.39, 0.29) is 5.91 Å². The van der Waals surface area contributed by atoms with Crippen LogP contribution in [0.15, 0.2) is 48.5 Å². The molecule has 0 bridgehead atoms. The van der Waals surface area contributed by atoms with Crippen molar-refractivity contribution in [1.29, 1.82) is 0 Å². The highest BCUT2D eigenvalue weighted by atomic mass is 16.2. The Bertz CT molecular complexity index is 637. The van der Waals surface area contributed by atoms with Gasteiger partial charge in [-0.05, 0) is 48.2 Å². The first kappa shape index (κ1) is 13.6. The first-order valence-corrected chi connectivity index (χ1v) is 7.20. The first-order valence-electron chi connectivity index (χ1n) is 7.20. The molecule has 1 heterocycles. The number of anilines is 1. The highest BCUT2D eigenvalue weighted by molar-refractivity contribution is 5.94. The van der Waals surface area contributed by atoms with Gasteiger partial charge in [-0.25, -0.2) is 0 Å². The summed E-state index contributed by atoms with van der Waals surface area (Å²) >= 11 is 0. The molecule has 4 nitrogen and oxygen atoms in total. The average molecular weight is 281 g/mol. The van der Waals surface area contributed by atoms with Gasteiger partial charge in [0.15, 0.2) is 0 Å². The monoisotopic (exact) mass is 281 g/mol. The molecule has 0 unspecified atom stereocenters. The Labute approximate surface area is 124 Å². The molecule has 0 aliphatic carbocycles. The van der Waals surface area contributed by atoms with Crippen molar-refractivity contribution in [2.75, 3.05) is 12.0 Å². The molecule has 0 saturated heterocycles. The van der Waals surface area contributed by atoms with Crippen LogP contribution in [0.4, 0.5) is 5.69 Å². The SMILES string of the molecule is NNc1ccc(C(=O)N2CCCc3ccccc3C2)cc1. The molecule has 108 valence electrons. The Morgan fingerprint density at radius 3 is 2.48 bits per heavy atom. The number of nitrogen functional groups attached to an aromatic ring is 1. The first-order chi connectivity index (χ1) is 10.3. The standard InChI is InChI=1S/C17H19N3O/c18-19-16-9-7-14(8-10-16)17(21)20-11-3-6-13-4-1-2-5-15(13)12-20/h1-2,4-5,7-10,19H,3,6,11-12,18H2. The molecule has 0 radical (unpaired) electrons. The molecule has 2 aromatic rings. The van der Waals surface area contributed by atoms with Gasteiger partial charge in [0.1, 0.15) is 0 Å². The highest BCUT2D eigenvalue weighted by Gasteiger charge is 2.19. The molecular weight excluding hydrogens is 262 g/mol. The van der Waals surface area contributed by atoms with Crippen LogP contribution in [0.25, 0.3) is 0 Å². The molecule has 2 aromatic carbocycles. The van der Waals surface area contributed by atoms with Gasteiger partial charge in [-0.2, -0.15) is 0 Å². The van der Waals surface area contributed by atoms with E-state index >= 15 is 0 Å². The third-order valence-electron chi connectivity index (χ3n) is 3.94. The fraction of sp³-hybridized carbons (Fsp3) is 0.235. The zero-order chi connectivity index (χ0) is 14.7. The van der Waals surface area contributed by atoms with Gasteiger partial charge in [0.05, 0.1) is 0 Å². The Morgan fingerprint density at radius 1 is 1.05 bits per heavy atom. The van der Waals surface area contributed by atoms with Crippen molar-refractivity contribution in [3.05, 3.63) is 65.2 Å². The summed E-state index contributed by atoms with van der Waals surface area (Å²) in [6.45, 7) is 1.48. The molecule has 0 saturated carbocycles. The number of hydrazine groups is 1. The van der Waals surface area contributed by atoms with Crippen LogP contribution in [0, 0.1) is 0 Å². The molecule has 3 N–H and O–H groups in total. The fourth-order valence-electron chi connectivity index (χ4n) is 2.77. The average Bonchev–Trinajstić information content (AvgIpc) is 2.76. The van der Waals surface area contributed by atoms with E-state index in [0.717, 1.165) is 25.1 Å². The third kappa shape index (κ3) is 2.90. The number of carbonyl (C=O) groups is 1. The Balaban J connectivity index is 1.81. The number of nitrogens with two attached hydrogens (primary N) is 1. The van der Waals surface area contributed by atoms with Crippen molar-refractivity contribution < 1.29 is 4.79 Å². The summed E-state index contributed by atoms with van der Waals surface area (Å²) in [4.78, 5) is 14.6. The van der Waals surface area contributed by atoms with Crippen molar-refractivity contribution >= 4 is 11.6 Å². The number of amides is 1. The number of nitrogens with zero attached hydrogens (tertiary/aromatic N) is 1. The van der Waals surface area contributed by atoms with Gasteiger partial charge < -0.3 is 10.3 Å². The van der Waals surface area contributed by atoms with E-state index in [9.17, 15) is 4.79 Å². The van der Waals surface area contributed by atoms with Gasteiger partial charge in [0, 0.05) is 24.3 Å². The van der Waals surface area contributed by atoms with Crippen molar-refractivity contribution in [2.24, 2.45) is 5.84 Å². The molecule has 1 aliphatic heterocycles. The maximum Gasteiger partial charge on any atom is 0.254 e. The van der Waals surface area contributed by atoms with Gasteiger partial charge in [-0.15, -0.1) is 0 Å². The summed E-state index contributed by atoms with van der Waals surface area (Å²) in [6, 6.07) is 15.6. The number of rotatable bonds is 2. The molecule has 4 heteroatoms. The summed E-state index contributed by atoms with van der Waals surface area (Å²) in [7, 11) is 0. The predicted octanol–water partition coefficient (Wildman–Crippen LogP) is 2.56. The number of nitrogens with one attached hydrogen (secondary N) is 1. The second-order valence-corrected chi connectivity index (χ2v) is 5.32. The summed E-state index contributed by atoms with van der Waals surface area (Å²) in [5.74, 6) is 5.43. The van der Waals surface area contributed by atoms with Crippen LogP contribution in [-0.2, 0) is 13.0 Å². The summed E-state index contributed by atoms with van der Waals surface area (Å²) in [5, 5.41) is 0. The number of hydrogen-bond acceptors (Lipinski definition) is 3. The smallest absolute Gasteiger partial charge is 0.254 e. The van der Waals surface area contributed by atoms with Gasteiger partial charge >= 0.3 is 0 Å². The molecule has 21 heavy (non-hydrogen) atoms. The van der Waals surface area contributed by atoms with Crippen LogP contribution in [0.2, 0.25) is 0 Å². The van der Waals surface area contributed by atoms with Gasteiger partial charge in [-0.3, -0.25) is 10.6 Å². The zero-order valence-electron chi connectivity index (χ0n) is 11.9. The van der Waals surface area contributed by atoms with Crippen LogP contribution >= 0.6 is 0 Å². The van der Waals surface area contributed by atoms with Gasteiger partial charge in [0.25, 0.3) is 5.91 Å². The van der Waals surface area contributed by atoms with E-state index in [1.165, 1.54) is 11.1 Å². The van der Waals surface area contributed by atoms with Crippen molar-refractivity contribution in [2.45, 2.75) is 19.4 Å². The lowest BCUT2D eigenvalue weighted by Crippen LogP contribution is -2.30. The fourth-order valence-corrected chi connectivity index (χ4v) is 2.77. The normalized spacial score (nSPS) is 14.2. The minimum atomic E-state index is 0.0790. The lowest BCUT2D eigenvalue weighted by atomic mass is 10.0. The van der Waals surface area contributed by atoms with Crippen LogP contribution in [0.1, 0.15) is 27.9 Å². The molecule has 0 atom stereocenters. The van der Waals surface area contributed by atoms with E-state index in [1.54, 1.807) is 0 Å². The molecule has 0 spiro atoms. The Hall–Kier alpha value is -2.33. The summed E-state index contributed by atoms with van der Waals surface area (Å²) in [6.07, 6.45) is 2.04. The van der Waals surface area contributed by atoms with E-state index in [2.05, 4.69) is 23.6 Å². The second-order valence-electron chi connectivity index (χ2n) is 5.32. The number of carbonyl (C=O) groups excluding carboxylic acids is 1. The predicted molar refractivity (Wildman–Crippen MR) is 83.8 cm³/mol. The Kier molecular flexibility index (Phi) is 3.88. The van der Waals surface area contributed by atoms with E-state index in [0.29, 0.717) is 12.1 Å². The quantitative estimate of drug-likeness (QED) is 0.657. The maximum atomic E-state index is 12.6. The van der Waals surface area contributed by atoms with Crippen LogP contribution < -0.4 is 11.3 Å². The largest absolute Gasteiger partial charge is 0.334 e. The summed E-state index contributed by atoms with van der Waals surface area (Å²) in [5.41, 5.74) is 6.68. The van der Waals surface area contributed by atoms with Gasteiger partial charge in [0.2, 0.25) is 0 Å². The van der Waals surface area contributed by atoms with Crippen molar-refractivity contribution in [1.82, 2.24) is 4.90 Å². The number of aryl methyl sites for hydroxylation is 1. The third-order valence-corrected chi connectivity index (χ3v) is 3.94. The molecule has 0 aromatic heterocycles. The van der Waals surface area contributed by atoms with Crippen molar-refractivity contribution in [3.63, 3.8) is 0 Å². The minimum Gasteiger partial charge on any atom is -0.334 e. The minimum absolute atomic E-state index is 0.0790. The Morgan fingerprint density at radius 2 is 1.76 bits per heavy atom. The lowest BCUT2D eigenvalue weighted by molar-refractivity contribution is 0.0746. The second kappa shape index (κ2) is 5.97. The van der Waals surface area contributed by atoms with E-state index in [1.807, 2.05) is 35.2 Å². The molecular formula is C17H19N3O. The maximum absolute atomic E-state index is 12.6. The molecule has 3 rings (SSSR count). The molecule has 0 fully saturated rings. The highest BCUT2D eigenvalue weighted by Crippen LogP contribution is 2.20. The summed E-state index contributed by atoms with van der Waals surface area (Å²) < 4.78 is 0. The molecule has 1 aliphatic rings. The van der Waals surface area contributed by atoms with Crippen LogP contribution in [-0.4, -0.2) is 17.4 Å². The van der Waals surface area contributed by atoms with Crippen LogP contribution in [0.5, 0.6) is 0 Å². The zero-order valence-corrected chi connectivity index (χ0v) is 11.9.